The molecule has 28 atom stereocenters. The number of hydrogen-bond acceptors (Lipinski definition) is 21. The van der Waals surface area contributed by atoms with Gasteiger partial charge in [-0.1, -0.05) is 60.1 Å². The van der Waals surface area contributed by atoms with Gasteiger partial charge in [0.25, 0.3) is 0 Å². The van der Waals surface area contributed by atoms with Gasteiger partial charge in [0.2, 0.25) is 6.29 Å². The molecule has 0 aromatic carbocycles. The second-order valence-corrected chi connectivity index (χ2v) is 25.9. The zero-order valence-electron chi connectivity index (χ0n) is 44.5. The number of hydrogen-bond donors (Lipinski definition) is 12. The summed E-state index contributed by atoms with van der Waals surface area (Å²) in [7, 11) is 0. The minimum absolute atomic E-state index is 0.0738. The normalized spacial score (nSPS) is 54.5. The van der Waals surface area contributed by atoms with E-state index in [0.29, 0.717) is 32.1 Å². The van der Waals surface area contributed by atoms with Crippen LogP contribution in [0.15, 0.2) is 11.6 Å². The van der Waals surface area contributed by atoms with Gasteiger partial charge in [0.15, 0.2) is 31.1 Å². The number of carboxylic acid groups (broad SMARTS) is 1. The lowest BCUT2D eigenvalue weighted by molar-refractivity contribution is -0.376. The van der Waals surface area contributed by atoms with Crippen LogP contribution in [0, 0.1) is 50.2 Å². The lowest BCUT2D eigenvalue weighted by Crippen LogP contribution is -2.68. The first-order valence-corrected chi connectivity index (χ1v) is 27.0. The van der Waals surface area contributed by atoms with E-state index in [1.54, 1.807) is 0 Å². The molecule has 9 rings (SSSR count). The van der Waals surface area contributed by atoms with Crippen molar-refractivity contribution in [2.24, 2.45) is 50.2 Å². The van der Waals surface area contributed by atoms with Crippen LogP contribution in [-0.2, 0) is 47.5 Å². The predicted octanol–water partition coefficient (Wildman–Crippen LogP) is -0.278. The van der Waals surface area contributed by atoms with Crippen LogP contribution in [0.5, 0.6) is 0 Å². The average molecular weight is 1070 g/mol. The van der Waals surface area contributed by atoms with E-state index in [0.717, 1.165) is 18.4 Å². The van der Waals surface area contributed by atoms with Crippen molar-refractivity contribution in [3.63, 3.8) is 0 Å². The van der Waals surface area contributed by atoms with Crippen LogP contribution in [0.1, 0.15) is 120 Å². The summed E-state index contributed by atoms with van der Waals surface area (Å²) in [4.78, 5) is 27.5. The van der Waals surface area contributed by atoms with E-state index in [1.807, 2.05) is 0 Å². The zero-order chi connectivity index (χ0) is 55.0. The maximum absolute atomic E-state index is 15.6. The second-order valence-electron chi connectivity index (χ2n) is 25.9. The SMILES string of the molecule is C[C@@H]1O[C@@H](O[C@@H]2[C@@H](O[C@@H]3O[C@@H](C)[C@H](O)[C@@H](O)[C@H]3O)[C@H](OC(=O)[C@]34CCC(C)(C)C[C@H]3C3=CC[C@@H]5[C@@]6(C)CC[C@H](O[C@@H]7O[C@H](C(=O)O)[C@@H](O)[C@H](O)[C@H]7O)C(C)(C)[C@@H]6CC[C@@]5(C)[C@]3(C)C[C@H]4O)OC[C@H]2O)[C@H](O)[C@H](O)[C@H]1O. The number of allylic oxidation sites excluding steroid dienone is 2. The van der Waals surface area contributed by atoms with Crippen molar-refractivity contribution in [1.82, 2.24) is 0 Å². The summed E-state index contributed by atoms with van der Waals surface area (Å²) in [6, 6.07) is 0. The lowest BCUT2D eigenvalue weighted by Gasteiger charge is -2.71. The van der Waals surface area contributed by atoms with Gasteiger partial charge in [-0.25, -0.2) is 4.79 Å². The van der Waals surface area contributed by atoms with Gasteiger partial charge in [-0.2, -0.15) is 0 Å². The zero-order valence-corrected chi connectivity index (χ0v) is 44.5. The molecular weight excluding hydrogens is 989 g/mol. The Morgan fingerprint density at radius 3 is 1.75 bits per heavy atom. The maximum Gasteiger partial charge on any atom is 0.335 e. The summed E-state index contributed by atoms with van der Waals surface area (Å²) in [6.07, 6.45) is -25.3. The minimum Gasteiger partial charge on any atom is -0.479 e. The summed E-state index contributed by atoms with van der Waals surface area (Å²) in [5.41, 5.74) is -2.52. The Morgan fingerprint density at radius 1 is 0.600 bits per heavy atom. The summed E-state index contributed by atoms with van der Waals surface area (Å²) < 4.78 is 48.3. The van der Waals surface area contributed by atoms with Crippen LogP contribution in [0.4, 0.5) is 0 Å². The highest BCUT2D eigenvalue weighted by molar-refractivity contribution is 5.80. The standard InChI is InChI=1S/C53H84O22/c1-21-30(56)32(58)36(62)43(69-21)72-39-25(54)20-68-46(41(39)74-44-37(63)33(59)31(57)22(2)70-44)75-47(67)53-17-16-48(3,4)18-24(53)23-10-11-27-50(7)14-13-29(71-45-38(64)34(60)35(61)40(73-45)42(65)66)49(5,6)26(50)12-15-51(27,8)52(23,9)19-28(53)55/h10,21-22,24-41,43-46,54-64H,11-20H2,1-9H3,(H,65,66)/t21-,22-,24-,25+,26-,27+,28+,29-,30-,31-,32+,33+,34-,35-,36+,37+,38+,39-,40-,41+,43-,44-,45+,46-,50-,51+,52+,53+/m0/s1. The molecule has 0 aromatic rings. The van der Waals surface area contributed by atoms with Crippen molar-refractivity contribution in [1.29, 1.82) is 0 Å². The average Bonchev–Trinajstić information content (AvgIpc) is 3.36. The summed E-state index contributed by atoms with van der Waals surface area (Å²) in [6.45, 7) is 17.7. The molecule has 22 nitrogen and oxygen atoms in total. The van der Waals surface area contributed by atoms with Gasteiger partial charge in [0.1, 0.15) is 72.6 Å². The molecule has 5 aliphatic carbocycles. The van der Waals surface area contributed by atoms with E-state index in [1.165, 1.54) is 13.8 Å². The van der Waals surface area contributed by atoms with E-state index in [4.69, 9.17) is 37.9 Å². The van der Waals surface area contributed by atoms with Crippen molar-refractivity contribution < 1.29 is 109 Å². The van der Waals surface area contributed by atoms with Crippen LogP contribution in [0.2, 0.25) is 0 Å². The van der Waals surface area contributed by atoms with Crippen molar-refractivity contribution >= 4 is 11.9 Å². The summed E-state index contributed by atoms with van der Waals surface area (Å²) in [5, 5.41) is 130. The fourth-order valence-corrected chi connectivity index (χ4v) is 16.2. The molecule has 4 saturated heterocycles. The molecule has 0 spiro atoms. The van der Waals surface area contributed by atoms with Gasteiger partial charge < -0.3 is 99.2 Å². The number of aliphatic hydroxyl groups is 11. The first-order chi connectivity index (χ1) is 34.9. The molecule has 12 N–H and O–H groups in total. The molecule has 9 aliphatic rings. The molecule has 0 unspecified atom stereocenters. The van der Waals surface area contributed by atoms with E-state index in [-0.39, 0.29) is 35.5 Å². The third-order valence-electron chi connectivity index (χ3n) is 20.9. The molecule has 22 heteroatoms. The molecule has 4 heterocycles. The number of rotatable bonds is 9. The largest absolute Gasteiger partial charge is 0.479 e. The number of ether oxygens (including phenoxy) is 8. The Balaban J connectivity index is 1.01. The molecule has 428 valence electrons. The third kappa shape index (κ3) is 9.17. The van der Waals surface area contributed by atoms with E-state index < -0.39 is 175 Å². The number of fused-ring (bicyclic) bond motifs is 7. The molecule has 0 amide bonds. The highest BCUT2D eigenvalue weighted by Crippen LogP contribution is 2.76. The smallest absolute Gasteiger partial charge is 0.335 e. The number of carbonyl (C=O) groups excluding carboxylic acids is 1. The highest BCUT2D eigenvalue weighted by Gasteiger charge is 2.72. The molecule has 4 aliphatic heterocycles. The molecule has 75 heavy (non-hydrogen) atoms. The number of carboxylic acids is 1. The molecule has 8 fully saturated rings. The lowest BCUT2D eigenvalue weighted by atomic mass is 9.33. The van der Waals surface area contributed by atoms with Crippen molar-refractivity contribution in [3.05, 3.63) is 11.6 Å². The molecular formula is C53H84O22. The van der Waals surface area contributed by atoms with Crippen molar-refractivity contribution in [2.45, 2.75) is 249 Å². The molecule has 4 saturated carbocycles. The van der Waals surface area contributed by atoms with E-state index in [2.05, 4.69) is 54.5 Å². The Morgan fingerprint density at radius 2 is 1.16 bits per heavy atom. The fourth-order valence-electron chi connectivity index (χ4n) is 16.2. The molecule has 0 aromatic heterocycles. The maximum atomic E-state index is 15.6. The van der Waals surface area contributed by atoms with Crippen LogP contribution in [0.3, 0.4) is 0 Å². The Bertz CT molecular complexity index is 2140. The van der Waals surface area contributed by atoms with E-state index >= 15 is 4.79 Å². The monoisotopic (exact) mass is 1070 g/mol. The van der Waals surface area contributed by atoms with Gasteiger partial charge >= 0.3 is 11.9 Å². The number of carbonyl (C=O) groups is 2. The van der Waals surface area contributed by atoms with Gasteiger partial charge in [-0.15, -0.1) is 0 Å². The predicted molar refractivity (Wildman–Crippen MR) is 256 cm³/mol. The molecule has 0 radical (unpaired) electrons. The van der Waals surface area contributed by atoms with Crippen molar-refractivity contribution in [2.75, 3.05) is 6.61 Å². The van der Waals surface area contributed by atoms with Crippen molar-refractivity contribution in [3.8, 4) is 0 Å². The van der Waals surface area contributed by atoms with Gasteiger partial charge in [-0.05, 0) is 116 Å². The summed E-state index contributed by atoms with van der Waals surface area (Å²) in [5.74, 6) is -2.63. The number of aliphatic hydroxyl groups excluding tert-OH is 11. The van der Waals surface area contributed by atoms with E-state index in [9.17, 15) is 66.1 Å². The Labute approximate surface area is 437 Å². The minimum atomic E-state index is -1.86. The first-order valence-electron chi connectivity index (χ1n) is 27.0. The fraction of sp³-hybridized carbons (Fsp3) is 0.925. The number of aliphatic carboxylic acids is 1. The highest BCUT2D eigenvalue weighted by atomic mass is 16.8. The Kier molecular flexibility index (Phi) is 15.5. The van der Waals surface area contributed by atoms with Crippen LogP contribution < -0.4 is 0 Å². The first kappa shape index (κ1) is 57.6. The third-order valence-corrected chi connectivity index (χ3v) is 20.9. The number of esters is 1. The van der Waals surface area contributed by atoms with Crippen LogP contribution in [-0.4, -0.2) is 209 Å². The molecule has 0 bridgehead atoms. The summed E-state index contributed by atoms with van der Waals surface area (Å²) >= 11 is 0. The Hall–Kier alpha value is -2.04. The van der Waals surface area contributed by atoms with Crippen LogP contribution in [0.25, 0.3) is 0 Å². The quantitative estimate of drug-likeness (QED) is 0.0803. The van der Waals surface area contributed by atoms with Gasteiger partial charge in [0, 0.05) is 0 Å². The van der Waals surface area contributed by atoms with Gasteiger partial charge in [-0.3, -0.25) is 4.79 Å². The van der Waals surface area contributed by atoms with Gasteiger partial charge in [0.05, 0.1) is 31.0 Å². The topological polar surface area (TPSA) is 351 Å². The van der Waals surface area contributed by atoms with Crippen LogP contribution >= 0.6 is 0 Å². The second kappa shape index (κ2) is 20.2.